The Labute approximate surface area is 71.8 Å². The third-order valence-electron chi connectivity index (χ3n) is 1.34. The largest absolute Gasteiger partial charge is 0.364 e. The van der Waals surface area contributed by atoms with Gasteiger partial charge in [0, 0.05) is 13.3 Å². The maximum Gasteiger partial charge on any atom is 0.144 e. The molecule has 0 fully saturated rings. The van der Waals surface area contributed by atoms with Crippen molar-refractivity contribution in [1.82, 2.24) is 9.97 Å². The Morgan fingerprint density at radius 2 is 2.33 bits per heavy atom. The molecule has 1 N–H and O–H groups in total. The Hall–Kier alpha value is -1.45. The zero-order valence-corrected chi connectivity index (χ0v) is 7.28. The van der Waals surface area contributed by atoms with Crippen LogP contribution in [0.1, 0.15) is 5.69 Å². The molecule has 0 unspecified atom stereocenters. The number of nitrogens with zero attached hydrogens (tertiary/aromatic N) is 3. The predicted molar refractivity (Wildman–Crippen MR) is 49.7 cm³/mol. The molecule has 0 radical (unpaired) electrons. The van der Waals surface area contributed by atoms with Crippen LogP contribution < -0.4 is 5.32 Å². The second-order valence-corrected chi connectivity index (χ2v) is 2.36. The molecule has 12 heavy (non-hydrogen) atoms. The van der Waals surface area contributed by atoms with Gasteiger partial charge in [-0.3, -0.25) is 9.98 Å². The first-order valence-corrected chi connectivity index (χ1v) is 3.76. The Balaban J connectivity index is 2.47. The fourth-order valence-electron chi connectivity index (χ4n) is 0.725. The lowest BCUT2D eigenvalue weighted by Gasteiger charge is -2.00. The zero-order valence-electron chi connectivity index (χ0n) is 7.28. The summed E-state index contributed by atoms with van der Waals surface area (Å²) in [6, 6.07) is 0. The van der Waals surface area contributed by atoms with E-state index in [1.54, 1.807) is 25.7 Å². The molecular weight excluding hydrogens is 152 g/mol. The third kappa shape index (κ3) is 2.65. The van der Waals surface area contributed by atoms with Crippen molar-refractivity contribution in [2.24, 2.45) is 4.99 Å². The Morgan fingerprint density at radius 1 is 1.50 bits per heavy atom. The van der Waals surface area contributed by atoms with Crippen LogP contribution in [0.5, 0.6) is 0 Å². The summed E-state index contributed by atoms with van der Waals surface area (Å²) in [7, 11) is 1.74. The molecule has 0 aliphatic carbocycles. The van der Waals surface area contributed by atoms with Crippen LogP contribution in [0.2, 0.25) is 0 Å². The number of hydrogen-bond donors (Lipinski definition) is 1. The Bertz CT molecular complexity index is 252. The highest BCUT2D eigenvalue weighted by Crippen LogP contribution is 1.97. The van der Waals surface area contributed by atoms with E-state index in [4.69, 9.17) is 0 Å². The lowest BCUT2D eigenvalue weighted by Crippen LogP contribution is -2.04. The minimum Gasteiger partial charge on any atom is -0.364 e. The first-order valence-electron chi connectivity index (χ1n) is 3.76. The molecule has 1 aromatic heterocycles. The van der Waals surface area contributed by atoms with Crippen molar-refractivity contribution in [2.45, 2.75) is 6.92 Å². The molecule has 0 saturated heterocycles. The molecule has 0 aromatic carbocycles. The van der Waals surface area contributed by atoms with E-state index in [1.165, 1.54) is 0 Å². The van der Waals surface area contributed by atoms with Gasteiger partial charge in [0.15, 0.2) is 0 Å². The van der Waals surface area contributed by atoms with Crippen molar-refractivity contribution in [3.63, 3.8) is 0 Å². The van der Waals surface area contributed by atoms with Crippen LogP contribution in [0.15, 0.2) is 17.4 Å². The molecule has 1 rings (SSSR count). The van der Waals surface area contributed by atoms with Crippen LogP contribution in [0.4, 0.5) is 5.82 Å². The second-order valence-electron chi connectivity index (χ2n) is 2.36. The molecule has 64 valence electrons. The standard InChI is InChI=1S/C8H12N4/c1-7-5-12-8(6-11-7)10-4-3-9-2/h3,5-6H,4H2,1-2H3,(H,10,12). The fourth-order valence-corrected chi connectivity index (χ4v) is 0.725. The summed E-state index contributed by atoms with van der Waals surface area (Å²) >= 11 is 0. The molecular formula is C8H12N4. The highest BCUT2D eigenvalue weighted by Gasteiger charge is 1.90. The molecule has 0 saturated carbocycles. The average molecular weight is 164 g/mol. The van der Waals surface area contributed by atoms with E-state index in [1.807, 2.05) is 6.92 Å². The highest BCUT2D eigenvalue weighted by atomic mass is 15.0. The molecule has 4 nitrogen and oxygen atoms in total. The van der Waals surface area contributed by atoms with E-state index in [0.29, 0.717) is 6.54 Å². The van der Waals surface area contributed by atoms with Crippen LogP contribution in [-0.2, 0) is 0 Å². The topological polar surface area (TPSA) is 50.2 Å². The molecule has 0 spiro atoms. The molecule has 1 heterocycles. The number of nitrogens with one attached hydrogen (secondary N) is 1. The maximum absolute atomic E-state index is 4.11. The number of rotatable bonds is 3. The lowest BCUT2D eigenvalue weighted by atomic mass is 10.5. The fraction of sp³-hybridized carbons (Fsp3) is 0.375. The van der Waals surface area contributed by atoms with E-state index in [2.05, 4.69) is 20.3 Å². The van der Waals surface area contributed by atoms with Crippen molar-refractivity contribution in [3.8, 4) is 0 Å². The van der Waals surface area contributed by atoms with Crippen LogP contribution >= 0.6 is 0 Å². The molecule has 0 amide bonds. The van der Waals surface area contributed by atoms with E-state index >= 15 is 0 Å². The smallest absolute Gasteiger partial charge is 0.144 e. The lowest BCUT2D eigenvalue weighted by molar-refractivity contribution is 1.11. The summed E-state index contributed by atoms with van der Waals surface area (Å²) in [4.78, 5) is 12.0. The number of aromatic nitrogens is 2. The van der Waals surface area contributed by atoms with Crippen molar-refractivity contribution in [3.05, 3.63) is 18.1 Å². The first kappa shape index (κ1) is 8.64. The average Bonchev–Trinajstić information content (AvgIpc) is 2.09. The van der Waals surface area contributed by atoms with Gasteiger partial charge in [-0.2, -0.15) is 0 Å². The maximum atomic E-state index is 4.11. The Morgan fingerprint density at radius 3 is 2.92 bits per heavy atom. The van der Waals surface area contributed by atoms with Gasteiger partial charge in [-0.05, 0) is 6.92 Å². The minimum atomic E-state index is 0.689. The second kappa shape index (κ2) is 4.43. The van der Waals surface area contributed by atoms with Crippen molar-refractivity contribution in [1.29, 1.82) is 0 Å². The van der Waals surface area contributed by atoms with E-state index < -0.39 is 0 Å². The first-order chi connectivity index (χ1) is 5.83. The van der Waals surface area contributed by atoms with Gasteiger partial charge in [0.05, 0.1) is 24.6 Å². The van der Waals surface area contributed by atoms with Gasteiger partial charge in [0.25, 0.3) is 0 Å². The van der Waals surface area contributed by atoms with E-state index in [9.17, 15) is 0 Å². The zero-order chi connectivity index (χ0) is 8.81. The monoisotopic (exact) mass is 164 g/mol. The van der Waals surface area contributed by atoms with Crippen LogP contribution in [0.25, 0.3) is 0 Å². The van der Waals surface area contributed by atoms with Gasteiger partial charge < -0.3 is 5.32 Å². The van der Waals surface area contributed by atoms with Gasteiger partial charge in [-0.1, -0.05) is 0 Å². The van der Waals surface area contributed by atoms with Gasteiger partial charge in [0.1, 0.15) is 5.82 Å². The van der Waals surface area contributed by atoms with Gasteiger partial charge in [0.2, 0.25) is 0 Å². The van der Waals surface area contributed by atoms with Gasteiger partial charge in [-0.25, -0.2) is 4.98 Å². The summed E-state index contributed by atoms with van der Waals surface area (Å²) < 4.78 is 0. The SMILES string of the molecule is CN=CCNc1cnc(C)cn1. The van der Waals surface area contributed by atoms with Crippen LogP contribution in [0.3, 0.4) is 0 Å². The molecule has 0 aliphatic rings. The van der Waals surface area contributed by atoms with Crippen LogP contribution in [0, 0.1) is 6.92 Å². The summed E-state index contributed by atoms with van der Waals surface area (Å²) in [6.07, 6.45) is 5.21. The van der Waals surface area contributed by atoms with Crippen molar-refractivity contribution in [2.75, 3.05) is 18.9 Å². The van der Waals surface area contributed by atoms with Gasteiger partial charge in [-0.15, -0.1) is 0 Å². The molecule has 0 aliphatic heterocycles. The number of aliphatic imine (C=N–C) groups is 1. The normalized spacial score (nSPS) is 10.5. The van der Waals surface area contributed by atoms with Crippen molar-refractivity contribution < 1.29 is 0 Å². The van der Waals surface area contributed by atoms with E-state index in [0.717, 1.165) is 11.5 Å². The quantitative estimate of drug-likeness (QED) is 0.675. The summed E-state index contributed by atoms with van der Waals surface area (Å²) in [5.74, 6) is 0.778. The summed E-state index contributed by atoms with van der Waals surface area (Å²) in [5.41, 5.74) is 0.921. The van der Waals surface area contributed by atoms with Crippen LogP contribution in [-0.4, -0.2) is 29.8 Å². The molecule has 0 atom stereocenters. The number of anilines is 1. The van der Waals surface area contributed by atoms with E-state index in [-0.39, 0.29) is 0 Å². The third-order valence-corrected chi connectivity index (χ3v) is 1.34. The Kier molecular flexibility index (Phi) is 3.19. The minimum absolute atomic E-state index is 0.689. The number of aryl methyl sites for hydroxylation is 1. The highest BCUT2D eigenvalue weighted by molar-refractivity contribution is 5.63. The number of hydrogen-bond acceptors (Lipinski definition) is 4. The predicted octanol–water partition coefficient (Wildman–Crippen LogP) is 0.898. The summed E-state index contributed by atoms with van der Waals surface area (Å²) in [5, 5.41) is 3.05. The van der Waals surface area contributed by atoms with Gasteiger partial charge >= 0.3 is 0 Å². The summed E-state index contributed by atoms with van der Waals surface area (Å²) in [6.45, 7) is 2.60. The molecule has 1 aromatic rings. The van der Waals surface area contributed by atoms with Crippen molar-refractivity contribution >= 4 is 12.0 Å². The molecule has 0 bridgehead atoms. The molecule has 4 heteroatoms.